The maximum Gasteiger partial charge on any atom is 0.239 e. The predicted molar refractivity (Wildman–Crippen MR) is 121 cm³/mol. The van der Waals surface area contributed by atoms with Gasteiger partial charge in [0.2, 0.25) is 5.91 Å². The largest absolute Gasteiger partial charge is 0.358 e. The lowest BCUT2D eigenvalue weighted by Gasteiger charge is -2.33. The fourth-order valence-corrected chi connectivity index (χ4v) is 3.23. The summed E-state index contributed by atoms with van der Waals surface area (Å²) in [6, 6.07) is 13.9. The molecule has 2 aromatic rings. The molecule has 1 unspecified atom stereocenters. The SMILES string of the molecule is CC(C)CC(C)(CN)NC(=O)CN(Cc1cccnc1)c1ccccc1.Cl.Cl. The summed E-state index contributed by atoms with van der Waals surface area (Å²) in [5.74, 6) is 0.441. The van der Waals surface area contributed by atoms with E-state index in [-0.39, 0.29) is 42.8 Å². The second kappa shape index (κ2) is 12.6. The highest BCUT2D eigenvalue weighted by atomic mass is 35.5. The smallest absolute Gasteiger partial charge is 0.239 e. The molecule has 1 amide bonds. The first-order chi connectivity index (χ1) is 12.4. The summed E-state index contributed by atoms with van der Waals surface area (Å²) in [5.41, 5.74) is 7.61. The molecular formula is C21H32Cl2N4O. The maximum absolute atomic E-state index is 12.7. The number of anilines is 1. The number of hydrogen-bond donors (Lipinski definition) is 2. The first-order valence-electron chi connectivity index (χ1n) is 9.12. The fourth-order valence-electron chi connectivity index (χ4n) is 3.23. The summed E-state index contributed by atoms with van der Waals surface area (Å²) >= 11 is 0. The average Bonchev–Trinajstić information content (AvgIpc) is 2.62. The van der Waals surface area contributed by atoms with Gasteiger partial charge in [-0.3, -0.25) is 9.78 Å². The Bertz CT molecular complexity index is 685. The first kappa shape index (κ1) is 26.2. The van der Waals surface area contributed by atoms with Crippen molar-refractivity contribution in [3.05, 3.63) is 60.4 Å². The van der Waals surface area contributed by atoms with Crippen LogP contribution in [0.15, 0.2) is 54.9 Å². The molecule has 1 atom stereocenters. The summed E-state index contributed by atoms with van der Waals surface area (Å²) < 4.78 is 0. The van der Waals surface area contributed by atoms with E-state index in [1.807, 2.05) is 55.6 Å². The van der Waals surface area contributed by atoms with Gasteiger partial charge in [0.15, 0.2) is 0 Å². The van der Waals surface area contributed by atoms with E-state index >= 15 is 0 Å². The third-order valence-electron chi connectivity index (χ3n) is 4.30. The monoisotopic (exact) mass is 426 g/mol. The standard InChI is InChI=1S/C21H30N4O.2ClH/c1-17(2)12-21(3,16-22)24-20(26)15-25(19-9-5-4-6-10-19)14-18-8-7-11-23-13-18;;/h4-11,13,17H,12,14-16,22H2,1-3H3,(H,24,26);2*1H. The zero-order valence-corrected chi connectivity index (χ0v) is 18.4. The molecule has 28 heavy (non-hydrogen) atoms. The number of nitrogens with one attached hydrogen (secondary N) is 1. The lowest BCUT2D eigenvalue weighted by atomic mass is 9.90. The van der Waals surface area contributed by atoms with Crippen LogP contribution in [-0.2, 0) is 11.3 Å². The van der Waals surface area contributed by atoms with Gasteiger partial charge in [0.1, 0.15) is 0 Å². The Morgan fingerprint density at radius 1 is 1.18 bits per heavy atom. The van der Waals surface area contributed by atoms with E-state index in [0.29, 0.717) is 19.0 Å². The molecule has 0 aliphatic heterocycles. The van der Waals surface area contributed by atoms with Crippen molar-refractivity contribution in [2.24, 2.45) is 11.7 Å². The van der Waals surface area contributed by atoms with Gasteiger partial charge >= 0.3 is 0 Å². The van der Waals surface area contributed by atoms with Gasteiger partial charge in [0, 0.05) is 36.7 Å². The third-order valence-corrected chi connectivity index (χ3v) is 4.30. The van der Waals surface area contributed by atoms with Crippen LogP contribution < -0.4 is 16.0 Å². The van der Waals surface area contributed by atoms with Crippen molar-refractivity contribution in [1.82, 2.24) is 10.3 Å². The van der Waals surface area contributed by atoms with E-state index in [9.17, 15) is 4.79 Å². The summed E-state index contributed by atoms with van der Waals surface area (Å²) in [4.78, 5) is 19.0. The molecule has 0 aliphatic carbocycles. The molecule has 0 saturated carbocycles. The van der Waals surface area contributed by atoms with Crippen molar-refractivity contribution < 1.29 is 4.79 Å². The van der Waals surface area contributed by atoms with Gasteiger partial charge in [-0.2, -0.15) is 0 Å². The van der Waals surface area contributed by atoms with E-state index in [1.165, 1.54) is 0 Å². The average molecular weight is 427 g/mol. The molecule has 0 radical (unpaired) electrons. The van der Waals surface area contributed by atoms with Gasteiger partial charge < -0.3 is 16.0 Å². The van der Waals surface area contributed by atoms with Crippen molar-refractivity contribution in [2.45, 2.75) is 39.3 Å². The molecule has 5 nitrogen and oxygen atoms in total. The van der Waals surface area contributed by atoms with Crippen LogP contribution in [0.4, 0.5) is 5.69 Å². The lowest BCUT2D eigenvalue weighted by molar-refractivity contribution is -0.121. The number of nitrogens with zero attached hydrogens (tertiary/aromatic N) is 2. The van der Waals surface area contributed by atoms with Gasteiger partial charge in [0.05, 0.1) is 6.54 Å². The van der Waals surface area contributed by atoms with Crippen LogP contribution in [0.5, 0.6) is 0 Å². The molecule has 0 bridgehead atoms. The molecule has 156 valence electrons. The van der Waals surface area contributed by atoms with Crippen LogP contribution in [0, 0.1) is 5.92 Å². The van der Waals surface area contributed by atoms with Gasteiger partial charge in [-0.05, 0) is 43.0 Å². The van der Waals surface area contributed by atoms with Crippen LogP contribution in [-0.4, -0.2) is 29.5 Å². The lowest BCUT2D eigenvalue weighted by Crippen LogP contribution is -2.54. The topological polar surface area (TPSA) is 71.2 Å². The molecule has 0 aliphatic rings. The van der Waals surface area contributed by atoms with E-state index in [2.05, 4.69) is 29.0 Å². The van der Waals surface area contributed by atoms with E-state index in [1.54, 1.807) is 6.20 Å². The Morgan fingerprint density at radius 2 is 1.86 bits per heavy atom. The third kappa shape index (κ3) is 8.46. The maximum atomic E-state index is 12.7. The molecule has 0 saturated heterocycles. The minimum atomic E-state index is -0.387. The van der Waals surface area contributed by atoms with Gasteiger partial charge in [-0.25, -0.2) is 0 Å². The predicted octanol–water partition coefficient (Wildman–Crippen LogP) is 3.81. The van der Waals surface area contributed by atoms with Gasteiger partial charge in [-0.1, -0.05) is 38.1 Å². The minimum Gasteiger partial charge on any atom is -0.358 e. The molecule has 1 aromatic carbocycles. The molecule has 1 heterocycles. The molecule has 0 fully saturated rings. The summed E-state index contributed by atoms with van der Waals surface area (Å²) in [7, 11) is 0. The van der Waals surface area contributed by atoms with Crippen LogP contribution in [0.1, 0.15) is 32.8 Å². The number of rotatable bonds is 9. The van der Waals surface area contributed by atoms with Crippen molar-refractivity contribution >= 4 is 36.4 Å². The van der Waals surface area contributed by atoms with E-state index in [4.69, 9.17) is 5.73 Å². The van der Waals surface area contributed by atoms with Crippen molar-refractivity contribution in [2.75, 3.05) is 18.0 Å². The van der Waals surface area contributed by atoms with E-state index in [0.717, 1.165) is 17.7 Å². The second-order valence-corrected chi connectivity index (χ2v) is 7.46. The molecular weight excluding hydrogens is 395 g/mol. The Kier molecular flexibility index (Phi) is 11.8. The van der Waals surface area contributed by atoms with Crippen LogP contribution in [0.25, 0.3) is 0 Å². The number of carbonyl (C=O) groups is 1. The van der Waals surface area contributed by atoms with Crippen molar-refractivity contribution in [1.29, 1.82) is 0 Å². The van der Waals surface area contributed by atoms with Gasteiger partial charge in [0.25, 0.3) is 0 Å². The number of para-hydroxylation sites is 1. The number of aromatic nitrogens is 1. The Balaban J connectivity index is 0.00000364. The highest BCUT2D eigenvalue weighted by molar-refractivity contribution is 5.85. The number of pyridine rings is 1. The number of halogens is 2. The van der Waals surface area contributed by atoms with E-state index < -0.39 is 0 Å². The fraction of sp³-hybridized carbons (Fsp3) is 0.429. The minimum absolute atomic E-state index is 0. The normalized spacial score (nSPS) is 12.3. The first-order valence-corrected chi connectivity index (χ1v) is 9.12. The number of benzene rings is 1. The van der Waals surface area contributed by atoms with Crippen LogP contribution in [0.3, 0.4) is 0 Å². The molecule has 7 heteroatoms. The molecule has 2 rings (SSSR count). The zero-order chi connectivity index (χ0) is 19.0. The highest BCUT2D eigenvalue weighted by Gasteiger charge is 2.26. The number of carbonyl (C=O) groups excluding carboxylic acids is 1. The van der Waals surface area contributed by atoms with Gasteiger partial charge in [-0.15, -0.1) is 24.8 Å². The quantitative estimate of drug-likeness (QED) is 0.639. The Morgan fingerprint density at radius 3 is 2.39 bits per heavy atom. The number of nitrogens with two attached hydrogens (primary N) is 1. The van der Waals surface area contributed by atoms with Crippen LogP contribution >= 0.6 is 24.8 Å². The summed E-state index contributed by atoms with van der Waals surface area (Å²) in [6.45, 7) is 7.60. The Labute approximate surface area is 180 Å². The molecule has 0 spiro atoms. The number of hydrogen-bond acceptors (Lipinski definition) is 4. The number of amides is 1. The summed E-state index contributed by atoms with van der Waals surface area (Å²) in [5, 5.41) is 3.14. The Hall–Kier alpha value is -1.82. The molecule has 3 N–H and O–H groups in total. The van der Waals surface area contributed by atoms with Crippen molar-refractivity contribution in [3.8, 4) is 0 Å². The molecule has 1 aromatic heterocycles. The zero-order valence-electron chi connectivity index (χ0n) is 16.8. The highest BCUT2D eigenvalue weighted by Crippen LogP contribution is 2.18. The van der Waals surface area contributed by atoms with Crippen molar-refractivity contribution in [3.63, 3.8) is 0 Å². The van der Waals surface area contributed by atoms with Crippen LogP contribution in [0.2, 0.25) is 0 Å². The summed E-state index contributed by atoms with van der Waals surface area (Å²) in [6.07, 6.45) is 4.43. The second-order valence-electron chi connectivity index (χ2n) is 7.46.